The van der Waals surface area contributed by atoms with E-state index in [1.54, 1.807) is 10.9 Å². The maximum absolute atomic E-state index is 12.4. The standard InChI is InChI=1S/C18H15F2N3O2/c1-12-16(11-21-23(12)14-7-3-2-4-8-14)22-17(24)13-6-5-9-15(10-13)25-18(19)20/h2-11,18H,1H3,(H,22,24). The Labute approximate surface area is 142 Å². The molecule has 0 aliphatic heterocycles. The second kappa shape index (κ2) is 7.12. The van der Waals surface area contributed by atoms with Gasteiger partial charge in [0.1, 0.15) is 5.75 Å². The van der Waals surface area contributed by atoms with Crippen LogP contribution < -0.4 is 10.1 Å². The maximum atomic E-state index is 12.4. The molecule has 5 nitrogen and oxygen atoms in total. The number of amides is 1. The van der Waals surface area contributed by atoms with Crippen LogP contribution in [-0.4, -0.2) is 22.3 Å². The molecule has 0 saturated heterocycles. The van der Waals surface area contributed by atoms with Gasteiger partial charge in [0.05, 0.1) is 23.3 Å². The lowest BCUT2D eigenvalue weighted by molar-refractivity contribution is -0.0498. The predicted molar refractivity (Wildman–Crippen MR) is 89.3 cm³/mol. The van der Waals surface area contributed by atoms with E-state index in [2.05, 4.69) is 15.2 Å². The van der Waals surface area contributed by atoms with Gasteiger partial charge in [0.2, 0.25) is 0 Å². The van der Waals surface area contributed by atoms with Gasteiger partial charge in [-0.05, 0) is 37.3 Å². The Kier molecular flexibility index (Phi) is 4.74. The van der Waals surface area contributed by atoms with Crippen molar-refractivity contribution < 1.29 is 18.3 Å². The zero-order valence-electron chi connectivity index (χ0n) is 13.3. The number of hydrogen-bond donors (Lipinski definition) is 1. The molecule has 0 fully saturated rings. The fourth-order valence-electron chi connectivity index (χ4n) is 2.37. The third kappa shape index (κ3) is 3.82. The highest BCUT2D eigenvalue weighted by molar-refractivity contribution is 6.04. The van der Waals surface area contributed by atoms with E-state index in [0.29, 0.717) is 5.69 Å². The van der Waals surface area contributed by atoms with Gasteiger partial charge in [0, 0.05) is 5.56 Å². The number of para-hydroxylation sites is 1. The van der Waals surface area contributed by atoms with Crippen molar-refractivity contribution in [3.63, 3.8) is 0 Å². The van der Waals surface area contributed by atoms with E-state index < -0.39 is 12.5 Å². The Morgan fingerprint density at radius 1 is 1.16 bits per heavy atom. The summed E-state index contributed by atoms with van der Waals surface area (Å²) in [5.74, 6) is -0.505. The largest absolute Gasteiger partial charge is 0.435 e. The van der Waals surface area contributed by atoms with Crippen LogP contribution in [0.2, 0.25) is 0 Å². The van der Waals surface area contributed by atoms with Crippen LogP contribution in [0.15, 0.2) is 60.8 Å². The SMILES string of the molecule is Cc1c(NC(=O)c2cccc(OC(F)F)c2)cnn1-c1ccccc1. The van der Waals surface area contributed by atoms with Crippen LogP contribution in [0.5, 0.6) is 5.75 Å². The molecule has 1 aromatic heterocycles. The smallest absolute Gasteiger partial charge is 0.387 e. The van der Waals surface area contributed by atoms with E-state index in [1.165, 1.54) is 24.3 Å². The van der Waals surface area contributed by atoms with E-state index in [4.69, 9.17) is 0 Å². The molecule has 0 saturated carbocycles. The number of anilines is 1. The van der Waals surface area contributed by atoms with E-state index in [-0.39, 0.29) is 11.3 Å². The first-order valence-corrected chi connectivity index (χ1v) is 7.51. The maximum Gasteiger partial charge on any atom is 0.387 e. The van der Waals surface area contributed by atoms with Crippen molar-refractivity contribution >= 4 is 11.6 Å². The van der Waals surface area contributed by atoms with Gasteiger partial charge in [0.25, 0.3) is 5.91 Å². The minimum atomic E-state index is -2.94. The van der Waals surface area contributed by atoms with Crippen molar-refractivity contribution in [2.75, 3.05) is 5.32 Å². The normalized spacial score (nSPS) is 10.7. The van der Waals surface area contributed by atoms with Crippen LogP contribution in [-0.2, 0) is 0 Å². The molecular formula is C18H15F2N3O2. The Balaban J connectivity index is 1.79. The summed E-state index contributed by atoms with van der Waals surface area (Å²) in [6, 6.07) is 15.1. The molecule has 0 atom stereocenters. The molecule has 1 N–H and O–H groups in total. The monoisotopic (exact) mass is 343 g/mol. The molecule has 0 unspecified atom stereocenters. The minimum Gasteiger partial charge on any atom is -0.435 e. The van der Waals surface area contributed by atoms with Crippen LogP contribution in [0.3, 0.4) is 0 Å². The van der Waals surface area contributed by atoms with Gasteiger partial charge in [-0.1, -0.05) is 24.3 Å². The highest BCUT2D eigenvalue weighted by Gasteiger charge is 2.13. The third-order valence-corrected chi connectivity index (χ3v) is 3.58. The van der Waals surface area contributed by atoms with E-state index >= 15 is 0 Å². The molecule has 128 valence electrons. The molecule has 3 aromatic rings. The highest BCUT2D eigenvalue weighted by atomic mass is 19.3. The summed E-state index contributed by atoms with van der Waals surface area (Å²) < 4.78 is 30.6. The molecule has 0 aliphatic carbocycles. The molecule has 2 aromatic carbocycles. The predicted octanol–water partition coefficient (Wildman–Crippen LogP) is 4.03. The first-order valence-electron chi connectivity index (χ1n) is 7.51. The molecule has 7 heteroatoms. The molecule has 0 radical (unpaired) electrons. The Morgan fingerprint density at radius 2 is 1.92 bits per heavy atom. The van der Waals surface area contributed by atoms with Crippen LogP contribution in [0.25, 0.3) is 5.69 Å². The van der Waals surface area contributed by atoms with Gasteiger partial charge in [-0.25, -0.2) is 4.68 Å². The van der Waals surface area contributed by atoms with Crippen molar-refractivity contribution in [3.05, 3.63) is 72.1 Å². The van der Waals surface area contributed by atoms with E-state index in [0.717, 1.165) is 11.4 Å². The number of nitrogens with zero attached hydrogens (tertiary/aromatic N) is 2. The summed E-state index contributed by atoms with van der Waals surface area (Å²) in [4.78, 5) is 12.4. The number of halogens is 2. The lowest BCUT2D eigenvalue weighted by atomic mass is 10.2. The molecule has 0 spiro atoms. The second-order valence-corrected chi connectivity index (χ2v) is 5.25. The molecule has 1 amide bonds. The molecule has 0 aliphatic rings. The van der Waals surface area contributed by atoms with Crippen LogP contribution in [0.4, 0.5) is 14.5 Å². The summed E-state index contributed by atoms with van der Waals surface area (Å²) in [7, 11) is 0. The Hall–Kier alpha value is -3.22. The fourth-order valence-corrected chi connectivity index (χ4v) is 2.37. The third-order valence-electron chi connectivity index (χ3n) is 3.58. The van der Waals surface area contributed by atoms with Gasteiger partial charge in [-0.3, -0.25) is 4.79 Å². The topological polar surface area (TPSA) is 56.1 Å². The summed E-state index contributed by atoms with van der Waals surface area (Å²) >= 11 is 0. The number of hydrogen-bond acceptors (Lipinski definition) is 3. The zero-order chi connectivity index (χ0) is 17.8. The van der Waals surface area contributed by atoms with Crippen molar-refractivity contribution in [1.29, 1.82) is 0 Å². The lowest BCUT2D eigenvalue weighted by Crippen LogP contribution is -2.13. The minimum absolute atomic E-state index is 0.0700. The van der Waals surface area contributed by atoms with Crippen LogP contribution in [0.1, 0.15) is 16.1 Å². The molecule has 25 heavy (non-hydrogen) atoms. The van der Waals surface area contributed by atoms with Crippen molar-refractivity contribution in [3.8, 4) is 11.4 Å². The first-order chi connectivity index (χ1) is 12.0. The number of aromatic nitrogens is 2. The fraction of sp³-hybridized carbons (Fsp3) is 0.111. The number of rotatable bonds is 5. The molecule has 0 bridgehead atoms. The summed E-state index contributed by atoms with van der Waals surface area (Å²) in [5.41, 5.74) is 2.37. The first kappa shape index (κ1) is 16.6. The number of carbonyl (C=O) groups excluding carboxylic acids is 1. The summed E-state index contributed by atoms with van der Waals surface area (Å²) in [6.07, 6.45) is 1.54. The number of nitrogens with one attached hydrogen (secondary N) is 1. The molecule has 3 rings (SSSR count). The van der Waals surface area contributed by atoms with Gasteiger partial charge in [-0.2, -0.15) is 13.9 Å². The van der Waals surface area contributed by atoms with Gasteiger partial charge in [-0.15, -0.1) is 0 Å². The average molecular weight is 343 g/mol. The Morgan fingerprint density at radius 3 is 2.64 bits per heavy atom. The van der Waals surface area contributed by atoms with E-state index in [1.807, 2.05) is 37.3 Å². The summed E-state index contributed by atoms with van der Waals surface area (Å²) in [5, 5.41) is 7.00. The van der Waals surface area contributed by atoms with Gasteiger partial charge < -0.3 is 10.1 Å². The van der Waals surface area contributed by atoms with Gasteiger partial charge in [0.15, 0.2) is 0 Å². The second-order valence-electron chi connectivity index (χ2n) is 5.25. The highest BCUT2D eigenvalue weighted by Crippen LogP contribution is 2.20. The number of carbonyl (C=O) groups is 1. The number of ether oxygens (including phenoxy) is 1. The van der Waals surface area contributed by atoms with Crippen LogP contribution >= 0.6 is 0 Å². The quantitative estimate of drug-likeness (QED) is 0.761. The van der Waals surface area contributed by atoms with Crippen LogP contribution in [0, 0.1) is 6.92 Å². The Bertz CT molecular complexity index is 879. The van der Waals surface area contributed by atoms with Crippen molar-refractivity contribution in [1.82, 2.24) is 9.78 Å². The number of alkyl halides is 2. The lowest BCUT2D eigenvalue weighted by Gasteiger charge is -2.08. The van der Waals surface area contributed by atoms with Gasteiger partial charge >= 0.3 is 6.61 Å². The zero-order valence-corrected chi connectivity index (χ0v) is 13.3. The van der Waals surface area contributed by atoms with Crippen molar-refractivity contribution in [2.45, 2.75) is 13.5 Å². The number of benzene rings is 2. The molecular weight excluding hydrogens is 328 g/mol. The van der Waals surface area contributed by atoms with E-state index in [9.17, 15) is 13.6 Å². The summed E-state index contributed by atoms with van der Waals surface area (Å²) in [6.45, 7) is -1.11. The average Bonchev–Trinajstić information content (AvgIpc) is 2.96. The van der Waals surface area contributed by atoms with Crippen molar-refractivity contribution in [2.24, 2.45) is 0 Å². The molecule has 1 heterocycles.